The summed E-state index contributed by atoms with van der Waals surface area (Å²) in [6, 6.07) is 58.0. The Labute approximate surface area is 336 Å². The molecule has 0 saturated carbocycles. The minimum atomic E-state index is -0.605. The topological polar surface area (TPSA) is 19.1 Å². The van der Waals surface area contributed by atoms with Crippen LogP contribution in [0.3, 0.4) is 0 Å². The number of para-hydroxylation sites is 5. The van der Waals surface area contributed by atoms with Gasteiger partial charge in [-0.2, -0.15) is 0 Å². The van der Waals surface area contributed by atoms with Crippen molar-refractivity contribution < 1.29 is 4.74 Å². The lowest BCUT2D eigenvalue weighted by atomic mass is 9.61. The molecule has 3 heteroatoms. The second kappa shape index (κ2) is 12.0. The molecule has 2 aromatic heterocycles. The molecule has 0 radical (unpaired) electrons. The Morgan fingerprint density at radius 3 is 1.86 bits per heavy atom. The number of hydrogen-bond acceptors (Lipinski definition) is 1. The van der Waals surface area contributed by atoms with Gasteiger partial charge in [0.1, 0.15) is 11.5 Å². The Morgan fingerprint density at radius 2 is 1.05 bits per heavy atom. The average Bonchev–Trinajstić information content (AvgIpc) is 3.82. The maximum absolute atomic E-state index is 7.26. The lowest BCUT2D eigenvalue weighted by Crippen LogP contribution is -2.37. The van der Waals surface area contributed by atoms with Gasteiger partial charge in [0.2, 0.25) is 0 Å². The van der Waals surface area contributed by atoms with E-state index in [4.69, 9.17) is 4.74 Å². The zero-order valence-electron chi connectivity index (χ0n) is 32.0. The Kier molecular flexibility index (Phi) is 6.60. The van der Waals surface area contributed by atoms with Crippen molar-refractivity contribution in [2.24, 2.45) is 0 Å². The van der Waals surface area contributed by atoms with E-state index >= 15 is 0 Å². The van der Waals surface area contributed by atoms with E-state index in [0.29, 0.717) is 0 Å². The molecule has 7 aromatic carbocycles. The molecule has 4 aliphatic rings. The fourth-order valence-electron chi connectivity index (χ4n) is 11.0. The molecule has 0 bridgehead atoms. The van der Waals surface area contributed by atoms with Crippen molar-refractivity contribution in [2.45, 2.75) is 31.1 Å². The summed E-state index contributed by atoms with van der Waals surface area (Å²) >= 11 is 0. The smallest absolute Gasteiger partial charge is 0.142 e. The van der Waals surface area contributed by atoms with Gasteiger partial charge in [0.25, 0.3) is 0 Å². The van der Waals surface area contributed by atoms with Crippen LogP contribution in [-0.4, -0.2) is 9.13 Å². The summed E-state index contributed by atoms with van der Waals surface area (Å²) in [6.07, 6.45) is 13.6. The van der Waals surface area contributed by atoms with Gasteiger partial charge in [0, 0.05) is 33.0 Å². The summed E-state index contributed by atoms with van der Waals surface area (Å²) in [4.78, 5) is 0. The van der Waals surface area contributed by atoms with Crippen LogP contribution >= 0.6 is 0 Å². The Hall–Kier alpha value is -7.10. The van der Waals surface area contributed by atoms with Crippen LogP contribution < -0.4 is 4.74 Å². The molecule has 3 nitrogen and oxygen atoms in total. The van der Waals surface area contributed by atoms with Crippen LogP contribution in [0.5, 0.6) is 11.5 Å². The van der Waals surface area contributed by atoms with Gasteiger partial charge in [-0.15, -0.1) is 0 Å². The SMILES string of the molecule is C1=C(C2=CC=C(n3c4ccccc4c4c5c(ccc43)C3(c4ccccc4O5)c4ccccc4-n4c5ccccc5c5cccc3c54)CC2)CCC(c2ccccc2)=C1. The normalized spacial score (nSPS) is 18.0. The predicted octanol–water partition coefficient (Wildman–Crippen LogP) is 14.1. The number of nitrogens with zero attached hydrogens (tertiary/aromatic N) is 2. The Balaban J connectivity index is 1.04. The molecule has 4 heterocycles. The fraction of sp³-hybridized carbons (Fsp3) is 0.0909. The summed E-state index contributed by atoms with van der Waals surface area (Å²) in [7, 11) is 0. The van der Waals surface area contributed by atoms with Crippen LogP contribution in [0.25, 0.3) is 60.6 Å². The van der Waals surface area contributed by atoms with Crippen LogP contribution in [0.4, 0.5) is 0 Å². The van der Waals surface area contributed by atoms with E-state index in [2.05, 4.69) is 191 Å². The molecular weight excluding hydrogens is 705 g/mol. The Morgan fingerprint density at radius 1 is 0.414 bits per heavy atom. The zero-order chi connectivity index (χ0) is 38.0. The molecule has 0 N–H and O–H groups in total. The van der Waals surface area contributed by atoms with Crippen LogP contribution in [0.15, 0.2) is 193 Å². The van der Waals surface area contributed by atoms with E-state index in [0.717, 1.165) is 37.2 Å². The maximum Gasteiger partial charge on any atom is 0.142 e. The molecule has 13 rings (SSSR count). The van der Waals surface area contributed by atoms with Crippen molar-refractivity contribution in [1.82, 2.24) is 9.13 Å². The third-order valence-electron chi connectivity index (χ3n) is 13.5. The Bertz CT molecular complexity index is 3370. The maximum atomic E-state index is 7.26. The van der Waals surface area contributed by atoms with Gasteiger partial charge in [-0.3, -0.25) is 0 Å². The molecule has 1 spiro atoms. The first kappa shape index (κ1) is 32.0. The second-order valence-corrected chi connectivity index (χ2v) is 16.2. The minimum Gasteiger partial charge on any atom is -0.456 e. The predicted molar refractivity (Wildman–Crippen MR) is 239 cm³/mol. The number of allylic oxidation sites excluding steroid dienone is 8. The van der Waals surface area contributed by atoms with Crippen molar-refractivity contribution in [3.63, 3.8) is 0 Å². The average molecular weight is 743 g/mol. The molecule has 58 heavy (non-hydrogen) atoms. The largest absolute Gasteiger partial charge is 0.456 e. The third kappa shape index (κ3) is 4.18. The lowest BCUT2D eigenvalue weighted by Gasteiger charge is -2.45. The molecule has 0 saturated heterocycles. The first-order chi connectivity index (χ1) is 28.8. The number of hydrogen-bond donors (Lipinski definition) is 0. The van der Waals surface area contributed by atoms with Crippen molar-refractivity contribution in [2.75, 3.05) is 0 Å². The number of aromatic nitrogens is 2. The van der Waals surface area contributed by atoms with Gasteiger partial charge >= 0.3 is 0 Å². The van der Waals surface area contributed by atoms with Gasteiger partial charge in [0.05, 0.1) is 38.6 Å². The highest BCUT2D eigenvalue weighted by Gasteiger charge is 2.50. The molecule has 274 valence electrons. The van der Waals surface area contributed by atoms with Crippen LogP contribution in [0, 0.1) is 0 Å². The molecule has 0 fully saturated rings. The molecule has 2 aliphatic heterocycles. The van der Waals surface area contributed by atoms with Crippen molar-refractivity contribution in [1.29, 1.82) is 0 Å². The summed E-state index contributed by atoms with van der Waals surface area (Å²) in [5.41, 5.74) is 17.4. The first-order valence-corrected chi connectivity index (χ1v) is 20.6. The van der Waals surface area contributed by atoms with Crippen molar-refractivity contribution in [3.05, 3.63) is 221 Å². The summed E-state index contributed by atoms with van der Waals surface area (Å²) in [5.74, 6) is 1.86. The number of ether oxygens (including phenoxy) is 1. The molecular formula is C55H38N2O. The van der Waals surface area contributed by atoms with Gasteiger partial charge in [-0.25, -0.2) is 0 Å². The highest BCUT2D eigenvalue weighted by atomic mass is 16.5. The van der Waals surface area contributed by atoms with Gasteiger partial charge in [-0.05, 0) is 95.5 Å². The van der Waals surface area contributed by atoms with E-state index in [1.165, 1.54) is 99.5 Å². The summed E-state index contributed by atoms with van der Waals surface area (Å²) in [5, 5.41) is 4.93. The van der Waals surface area contributed by atoms with E-state index in [1.807, 2.05) is 0 Å². The van der Waals surface area contributed by atoms with Gasteiger partial charge in [0.15, 0.2) is 0 Å². The standard InChI is InChI=1S/C55H38N2O/c1-2-13-35(14-3-1)36-25-27-37(28-26-36)38-29-31-39(32-30-38)56-48-22-9-5-16-42(48)52-50(56)34-33-46-54(52)58-51-24-11-7-19-44(51)55(46)43-18-6-10-23-49(43)57-47-21-8-4-15-40(47)41-17-12-20-45(55)53(41)57/h1-25,27,29,31,33-34H,26,28,30,32H2. The highest BCUT2D eigenvalue weighted by Crippen LogP contribution is 2.62. The third-order valence-corrected chi connectivity index (χ3v) is 13.5. The van der Waals surface area contributed by atoms with E-state index in [9.17, 15) is 0 Å². The van der Waals surface area contributed by atoms with Gasteiger partial charge in [-0.1, -0.05) is 146 Å². The molecule has 2 aliphatic carbocycles. The quantitative estimate of drug-likeness (QED) is 0.176. The van der Waals surface area contributed by atoms with Crippen LogP contribution in [0.2, 0.25) is 0 Å². The minimum absolute atomic E-state index is 0.605. The van der Waals surface area contributed by atoms with Crippen LogP contribution in [-0.2, 0) is 5.41 Å². The first-order valence-electron chi connectivity index (χ1n) is 20.6. The van der Waals surface area contributed by atoms with E-state index in [-0.39, 0.29) is 0 Å². The summed E-state index contributed by atoms with van der Waals surface area (Å²) in [6.45, 7) is 0. The molecule has 9 aromatic rings. The second-order valence-electron chi connectivity index (χ2n) is 16.2. The number of fused-ring (bicyclic) bond motifs is 15. The zero-order valence-corrected chi connectivity index (χ0v) is 32.0. The summed E-state index contributed by atoms with van der Waals surface area (Å²) < 4.78 is 12.3. The lowest BCUT2D eigenvalue weighted by molar-refractivity contribution is 0.439. The van der Waals surface area contributed by atoms with E-state index < -0.39 is 5.41 Å². The number of benzene rings is 7. The van der Waals surface area contributed by atoms with Crippen molar-refractivity contribution in [3.8, 4) is 17.2 Å². The van der Waals surface area contributed by atoms with Crippen LogP contribution in [0.1, 0.15) is 53.5 Å². The molecule has 1 atom stereocenters. The molecule has 0 amide bonds. The van der Waals surface area contributed by atoms with Gasteiger partial charge < -0.3 is 13.9 Å². The highest BCUT2D eigenvalue weighted by molar-refractivity contribution is 6.15. The van der Waals surface area contributed by atoms with E-state index in [1.54, 1.807) is 0 Å². The number of rotatable bonds is 3. The fourth-order valence-corrected chi connectivity index (χ4v) is 11.0. The van der Waals surface area contributed by atoms with Crippen molar-refractivity contribution >= 4 is 54.9 Å². The monoisotopic (exact) mass is 742 g/mol. The molecule has 1 unspecified atom stereocenters.